The van der Waals surface area contributed by atoms with Crippen LogP contribution in [0, 0.1) is 17.8 Å². The molecule has 1 saturated carbocycles. The van der Waals surface area contributed by atoms with E-state index in [0.29, 0.717) is 12.3 Å². The van der Waals surface area contributed by atoms with E-state index in [2.05, 4.69) is 26.5 Å². The maximum atomic E-state index is 11.9. The number of hydrogen-bond donors (Lipinski definition) is 0. The molecule has 1 aliphatic rings. The Morgan fingerprint density at radius 1 is 1.03 bits per heavy atom. The van der Waals surface area contributed by atoms with E-state index in [1.807, 2.05) is 60.8 Å². The number of Topliss-reactive ketones (excluding diaryl/α,β-unsaturated/α-hetero) is 1. The van der Waals surface area contributed by atoms with Crippen molar-refractivity contribution in [3.05, 3.63) is 67.1 Å². The summed E-state index contributed by atoms with van der Waals surface area (Å²) in [5.74, 6) is 7.40. The van der Waals surface area contributed by atoms with Crippen molar-refractivity contribution in [1.82, 2.24) is 19.7 Å². The predicted octanol–water partition coefficient (Wildman–Crippen LogP) is 6.00. The molecule has 170 valence electrons. The summed E-state index contributed by atoms with van der Waals surface area (Å²) >= 11 is 0. The number of carbonyl (C=O) groups excluding carboxylic acids is 1. The largest absolute Gasteiger partial charge is 0.457 e. The maximum absolute atomic E-state index is 11.9. The fraction of sp³-hybridized carbons (Fsp3) is 0.286. The second-order valence-electron chi connectivity index (χ2n) is 8.67. The average Bonchev–Trinajstić information content (AvgIpc) is 3.26. The van der Waals surface area contributed by atoms with E-state index in [4.69, 9.17) is 9.84 Å². The topological polar surface area (TPSA) is 69.9 Å². The minimum Gasteiger partial charge on any atom is -0.457 e. The van der Waals surface area contributed by atoms with Crippen molar-refractivity contribution >= 4 is 16.8 Å². The Hall–Kier alpha value is -3.98. The lowest BCUT2D eigenvalue weighted by Gasteiger charge is -2.28. The Balaban J connectivity index is 1.36. The van der Waals surface area contributed by atoms with Crippen LogP contribution >= 0.6 is 0 Å². The minimum absolute atomic E-state index is 0.0465. The summed E-state index contributed by atoms with van der Waals surface area (Å²) in [6, 6.07) is 18.0. The summed E-state index contributed by atoms with van der Waals surface area (Å²) in [6.45, 7) is 1.71. The molecule has 0 unspecified atom stereocenters. The molecule has 1 aliphatic carbocycles. The molecule has 0 spiro atoms. The maximum Gasteiger partial charge on any atom is 0.205 e. The van der Waals surface area contributed by atoms with Gasteiger partial charge in [-0.25, -0.2) is 14.6 Å². The number of fused-ring (bicyclic) bond motifs is 1. The first-order valence-corrected chi connectivity index (χ1v) is 11.7. The number of nitrogens with zero attached hydrogens (tertiary/aromatic N) is 4. The highest BCUT2D eigenvalue weighted by Crippen LogP contribution is 2.37. The van der Waals surface area contributed by atoms with E-state index >= 15 is 0 Å². The Labute approximate surface area is 199 Å². The van der Waals surface area contributed by atoms with E-state index in [1.54, 1.807) is 13.3 Å². The second kappa shape index (κ2) is 9.88. The number of rotatable bonds is 6. The van der Waals surface area contributed by atoms with Crippen LogP contribution in [0.15, 0.2) is 67.1 Å². The molecule has 0 aliphatic heterocycles. The number of benzene rings is 2. The molecule has 0 N–H and O–H groups in total. The molecular formula is C28H26N4O2. The summed E-state index contributed by atoms with van der Waals surface area (Å²) in [6.07, 6.45) is 7.91. The normalized spacial score (nSPS) is 17.7. The van der Waals surface area contributed by atoms with Gasteiger partial charge in [0.25, 0.3) is 0 Å². The summed E-state index contributed by atoms with van der Waals surface area (Å²) in [4.78, 5) is 20.7. The third-order valence-corrected chi connectivity index (χ3v) is 6.38. The van der Waals surface area contributed by atoms with Crippen LogP contribution in [0.4, 0.5) is 0 Å². The van der Waals surface area contributed by atoms with Gasteiger partial charge in [-0.05, 0) is 80.8 Å². The first-order valence-electron chi connectivity index (χ1n) is 11.7. The van der Waals surface area contributed by atoms with Crippen LogP contribution in [-0.2, 0) is 4.79 Å². The number of para-hydroxylation sites is 1. The fourth-order valence-corrected chi connectivity index (χ4v) is 4.70. The van der Waals surface area contributed by atoms with Crippen molar-refractivity contribution in [3.63, 3.8) is 0 Å². The molecule has 34 heavy (non-hydrogen) atoms. The lowest BCUT2D eigenvalue weighted by molar-refractivity contribution is -0.114. The van der Waals surface area contributed by atoms with Gasteiger partial charge in [0, 0.05) is 18.2 Å². The highest BCUT2D eigenvalue weighted by atomic mass is 16.5. The third kappa shape index (κ3) is 4.69. The molecule has 5 rings (SSSR count). The van der Waals surface area contributed by atoms with Crippen LogP contribution in [0.5, 0.6) is 11.5 Å². The van der Waals surface area contributed by atoms with Gasteiger partial charge in [-0.2, -0.15) is 5.10 Å². The Bertz CT molecular complexity index is 1340. The molecule has 1 fully saturated rings. The van der Waals surface area contributed by atoms with E-state index in [0.717, 1.165) is 59.5 Å². The zero-order valence-corrected chi connectivity index (χ0v) is 19.1. The van der Waals surface area contributed by atoms with Crippen LogP contribution in [0.25, 0.3) is 22.3 Å². The molecule has 0 atom stereocenters. The molecule has 2 heterocycles. The van der Waals surface area contributed by atoms with E-state index in [9.17, 15) is 4.79 Å². The van der Waals surface area contributed by atoms with E-state index < -0.39 is 0 Å². The van der Waals surface area contributed by atoms with Crippen molar-refractivity contribution in [2.24, 2.45) is 5.92 Å². The average molecular weight is 451 g/mol. The number of ketones is 1. The lowest BCUT2D eigenvalue weighted by atomic mass is 9.83. The van der Waals surface area contributed by atoms with E-state index in [-0.39, 0.29) is 11.8 Å². The molecule has 6 heteroatoms. The van der Waals surface area contributed by atoms with Crippen LogP contribution < -0.4 is 4.74 Å². The summed E-state index contributed by atoms with van der Waals surface area (Å²) < 4.78 is 7.99. The zero-order valence-electron chi connectivity index (χ0n) is 19.1. The minimum atomic E-state index is 0.0465. The van der Waals surface area contributed by atoms with Gasteiger partial charge in [-0.3, -0.25) is 4.79 Å². The Kier molecular flexibility index (Phi) is 6.35. The fourth-order valence-electron chi connectivity index (χ4n) is 4.70. The van der Waals surface area contributed by atoms with Crippen molar-refractivity contribution < 1.29 is 9.53 Å². The van der Waals surface area contributed by atoms with E-state index in [1.165, 1.54) is 0 Å². The van der Waals surface area contributed by atoms with Crippen molar-refractivity contribution in [3.8, 4) is 34.6 Å². The van der Waals surface area contributed by atoms with Gasteiger partial charge in [0.15, 0.2) is 5.65 Å². The van der Waals surface area contributed by atoms with Gasteiger partial charge in [0.05, 0.1) is 11.4 Å². The quantitative estimate of drug-likeness (QED) is 0.266. The molecule has 2 aromatic heterocycles. The summed E-state index contributed by atoms with van der Waals surface area (Å²) in [5, 5.41) is 5.94. The molecule has 0 bridgehead atoms. The monoisotopic (exact) mass is 450 g/mol. The number of aromatic nitrogens is 4. The first kappa shape index (κ1) is 21.8. The van der Waals surface area contributed by atoms with Gasteiger partial charge in [0.2, 0.25) is 5.78 Å². The van der Waals surface area contributed by atoms with Gasteiger partial charge in [0.1, 0.15) is 23.5 Å². The first-order chi connectivity index (χ1) is 16.7. The number of carbonyl (C=O) groups is 1. The molecule has 0 radical (unpaired) electrons. The third-order valence-electron chi connectivity index (χ3n) is 6.38. The summed E-state index contributed by atoms with van der Waals surface area (Å²) in [7, 11) is 0. The molecule has 4 aromatic rings. The number of ether oxygens (including phenoxy) is 1. The molecule has 2 aromatic carbocycles. The smallest absolute Gasteiger partial charge is 0.205 e. The second-order valence-corrected chi connectivity index (χ2v) is 8.67. The van der Waals surface area contributed by atoms with Crippen LogP contribution in [-0.4, -0.2) is 25.5 Å². The lowest BCUT2D eigenvalue weighted by Crippen LogP contribution is -2.21. The van der Waals surface area contributed by atoms with Crippen molar-refractivity contribution in [1.29, 1.82) is 0 Å². The standard InChI is InChI=1S/C28H26N4O2/c1-2-6-23(33)17-20-9-13-22(14-10-20)32-28-26(18-29-19-30-28)27(31-32)21-11-15-25(16-12-21)34-24-7-4-3-5-8-24/h3-5,7-8,11-12,15-16,18-20,22H,9-10,13-14,17H2,1H3/t20-,22-. The molecule has 6 nitrogen and oxygen atoms in total. The van der Waals surface area contributed by atoms with Crippen LogP contribution in [0.2, 0.25) is 0 Å². The van der Waals surface area contributed by atoms with Gasteiger partial charge in [-0.15, -0.1) is 0 Å². The SMILES string of the molecule is CC#CC(=O)C[C@H]1CC[C@H](n2nc(-c3ccc(Oc4ccccc4)cc3)c3cncnc32)CC1. The molecule has 0 amide bonds. The van der Waals surface area contributed by atoms with Crippen molar-refractivity contribution in [2.45, 2.75) is 45.1 Å². The summed E-state index contributed by atoms with van der Waals surface area (Å²) in [5.41, 5.74) is 2.72. The van der Waals surface area contributed by atoms with Crippen LogP contribution in [0.1, 0.15) is 45.1 Å². The highest BCUT2D eigenvalue weighted by Gasteiger charge is 2.27. The Morgan fingerprint density at radius 2 is 1.76 bits per heavy atom. The number of hydrogen-bond acceptors (Lipinski definition) is 5. The van der Waals surface area contributed by atoms with Crippen molar-refractivity contribution in [2.75, 3.05) is 0 Å². The highest BCUT2D eigenvalue weighted by molar-refractivity contribution is 5.95. The zero-order chi connectivity index (χ0) is 23.3. The predicted molar refractivity (Wildman–Crippen MR) is 131 cm³/mol. The van der Waals surface area contributed by atoms with Gasteiger partial charge >= 0.3 is 0 Å². The Morgan fingerprint density at radius 3 is 2.50 bits per heavy atom. The van der Waals surface area contributed by atoms with Gasteiger partial charge < -0.3 is 4.74 Å². The van der Waals surface area contributed by atoms with Gasteiger partial charge in [-0.1, -0.05) is 24.1 Å². The van der Waals surface area contributed by atoms with Crippen LogP contribution in [0.3, 0.4) is 0 Å². The molecule has 0 saturated heterocycles. The molecular weight excluding hydrogens is 424 g/mol.